The maximum atomic E-state index is 9.30. The van der Waals surface area contributed by atoms with Crippen LogP contribution in [-0.4, -0.2) is 53.3 Å². The van der Waals surface area contributed by atoms with E-state index in [9.17, 15) is 5.26 Å². The van der Waals surface area contributed by atoms with Gasteiger partial charge in [-0.1, -0.05) is 6.07 Å². The first-order valence-electron chi connectivity index (χ1n) is 10.6. The lowest BCUT2D eigenvalue weighted by molar-refractivity contribution is 0.00791. The molecule has 156 valence electrons. The van der Waals surface area contributed by atoms with Gasteiger partial charge in [0, 0.05) is 36.1 Å². The number of ether oxygens (including phenoxy) is 1. The average molecular weight is 406 g/mol. The lowest BCUT2D eigenvalue weighted by Gasteiger charge is -2.39. The first kappa shape index (κ1) is 19.1. The highest BCUT2D eigenvalue weighted by Crippen LogP contribution is 2.29. The van der Waals surface area contributed by atoms with Gasteiger partial charge in [-0.3, -0.25) is 10.3 Å². The molecule has 1 aromatic carbocycles. The number of fused-ring (bicyclic) bond motifs is 1. The van der Waals surface area contributed by atoms with E-state index in [4.69, 9.17) is 4.74 Å². The normalized spacial score (nSPS) is 24.9. The van der Waals surface area contributed by atoms with Gasteiger partial charge in [0.2, 0.25) is 0 Å². The summed E-state index contributed by atoms with van der Waals surface area (Å²) in [4.78, 5) is 11.5. The molecule has 1 saturated heterocycles. The van der Waals surface area contributed by atoms with Gasteiger partial charge in [0.15, 0.2) is 5.70 Å². The summed E-state index contributed by atoms with van der Waals surface area (Å²) in [6, 6.07) is 9.20. The first-order chi connectivity index (χ1) is 14.8. The number of benzene rings is 1. The number of hydrogen-bond donors (Lipinski definition) is 4. The Morgan fingerprint density at radius 2 is 1.93 bits per heavy atom. The molecule has 1 aliphatic carbocycles. The van der Waals surface area contributed by atoms with Crippen LogP contribution in [0.4, 0.5) is 5.82 Å². The summed E-state index contributed by atoms with van der Waals surface area (Å²) in [5.41, 5.74) is 11.6. The van der Waals surface area contributed by atoms with E-state index in [1.54, 1.807) is 6.33 Å². The molecule has 9 heteroatoms. The number of nitriles is 1. The van der Waals surface area contributed by atoms with Gasteiger partial charge in [0.1, 0.15) is 18.2 Å². The van der Waals surface area contributed by atoms with Crippen LogP contribution in [0.5, 0.6) is 0 Å². The molecule has 4 N–H and O–H groups in total. The molecule has 30 heavy (non-hydrogen) atoms. The molecule has 1 saturated carbocycles. The van der Waals surface area contributed by atoms with Gasteiger partial charge in [-0.05, 0) is 37.8 Å². The van der Waals surface area contributed by atoms with Gasteiger partial charge in [-0.25, -0.2) is 9.97 Å². The quantitative estimate of drug-likeness (QED) is 0.600. The van der Waals surface area contributed by atoms with Gasteiger partial charge in [-0.15, -0.1) is 5.53 Å². The van der Waals surface area contributed by atoms with Crippen LogP contribution in [0.15, 0.2) is 30.2 Å². The van der Waals surface area contributed by atoms with E-state index in [-0.39, 0.29) is 0 Å². The summed E-state index contributed by atoms with van der Waals surface area (Å²) < 4.78 is 5.49. The van der Waals surface area contributed by atoms with E-state index in [1.807, 2.05) is 18.2 Å². The molecule has 0 amide bonds. The summed E-state index contributed by atoms with van der Waals surface area (Å²) in [7, 11) is 0. The minimum Gasteiger partial charge on any atom is -0.379 e. The molecule has 2 aliphatic heterocycles. The second-order valence-electron chi connectivity index (χ2n) is 7.99. The van der Waals surface area contributed by atoms with Crippen molar-refractivity contribution in [3.63, 3.8) is 0 Å². The molecule has 9 nitrogen and oxygen atoms in total. The summed E-state index contributed by atoms with van der Waals surface area (Å²) in [6.07, 6.45) is 6.27. The Morgan fingerprint density at radius 1 is 1.10 bits per heavy atom. The zero-order valence-corrected chi connectivity index (χ0v) is 16.8. The first-order valence-corrected chi connectivity index (χ1v) is 10.6. The molecule has 1 aromatic heterocycles. The smallest absolute Gasteiger partial charge is 0.154 e. The number of allylic oxidation sites excluding steroid dienone is 1. The SMILES string of the molecule is N#CC1=C(c2ccc3ncnc(NC4CCC(N5CCOCC5)CC4)c3c2)NNN1. The highest BCUT2D eigenvalue weighted by atomic mass is 16.5. The van der Waals surface area contributed by atoms with Crippen LogP contribution in [0.3, 0.4) is 0 Å². The van der Waals surface area contributed by atoms with Crippen molar-refractivity contribution < 1.29 is 4.74 Å². The summed E-state index contributed by atoms with van der Waals surface area (Å²) in [5, 5.41) is 13.9. The third-order valence-corrected chi connectivity index (χ3v) is 6.26. The number of aromatic nitrogens is 2. The Morgan fingerprint density at radius 3 is 2.73 bits per heavy atom. The van der Waals surface area contributed by atoms with Crippen molar-refractivity contribution in [2.75, 3.05) is 31.6 Å². The molecule has 0 radical (unpaired) electrons. The van der Waals surface area contributed by atoms with E-state index in [2.05, 4.69) is 42.6 Å². The second-order valence-corrected chi connectivity index (χ2v) is 7.99. The highest BCUT2D eigenvalue weighted by Gasteiger charge is 2.27. The van der Waals surface area contributed by atoms with Gasteiger partial charge >= 0.3 is 0 Å². The number of nitrogens with zero attached hydrogens (tertiary/aromatic N) is 4. The zero-order valence-electron chi connectivity index (χ0n) is 16.8. The van der Waals surface area contributed by atoms with Crippen LogP contribution in [-0.2, 0) is 4.74 Å². The lowest BCUT2D eigenvalue weighted by Crippen LogP contribution is -2.46. The molecule has 0 bridgehead atoms. The summed E-state index contributed by atoms with van der Waals surface area (Å²) in [6.45, 7) is 3.83. The highest BCUT2D eigenvalue weighted by molar-refractivity contribution is 5.92. The van der Waals surface area contributed by atoms with Crippen molar-refractivity contribution in [3.05, 3.63) is 35.8 Å². The van der Waals surface area contributed by atoms with Gasteiger partial charge in [0.05, 0.1) is 24.4 Å². The minimum absolute atomic E-state index is 0.408. The van der Waals surface area contributed by atoms with Crippen LogP contribution < -0.4 is 21.7 Å². The topological polar surface area (TPSA) is 110 Å². The number of hydrazine groups is 2. The number of nitrogens with one attached hydrogen (secondary N) is 4. The largest absolute Gasteiger partial charge is 0.379 e. The number of morpholine rings is 1. The van der Waals surface area contributed by atoms with Gasteiger partial charge in [-0.2, -0.15) is 5.26 Å². The van der Waals surface area contributed by atoms with Crippen molar-refractivity contribution in [3.8, 4) is 6.07 Å². The van der Waals surface area contributed by atoms with Gasteiger partial charge < -0.3 is 15.5 Å². The Labute approximate surface area is 175 Å². The van der Waals surface area contributed by atoms with Crippen molar-refractivity contribution in [2.24, 2.45) is 0 Å². The van der Waals surface area contributed by atoms with E-state index in [1.165, 1.54) is 12.8 Å². The molecule has 2 aromatic rings. The average Bonchev–Trinajstić information content (AvgIpc) is 3.29. The van der Waals surface area contributed by atoms with Crippen LogP contribution in [0.1, 0.15) is 31.2 Å². The number of anilines is 1. The molecule has 0 unspecified atom stereocenters. The third kappa shape index (κ3) is 3.77. The predicted molar refractivity (Wildman–Crippen MR) is 114 cm³/mol. The molecule has 5 rings (SSSR count). The molecular formula is C21H26N8O. The number of hydrogen-bond acceptors (Lipinski definition) is 9. The van der Waals surface area contributed by atoms with Crippen molar-refractivity contribution in [1.29, 1.82) is 5.26 Å². The molecule has 0 atom stereocenters. The second kappa shape index (κ2) is 8.44. The van der Waals surface area contributed by atoms with Crippen LogP contribution in [0.2, 0.25) is 0 Å². The maximum absolute atomic E-state index is 9.30. The van der Waals surface area contributed by atoms with Crippen molar-refractivity contribution in [2.45, 2.75) is 37.8 Å². The Bertz CT molecular complexity index is 986. The fourth-order valence-electron chi connectivity index (χ4n) is 4.63. The summed E-state index contributed by atoms with van der Waals surface area (Å²) >= 11 is 0. The summed E-state index contributed by atoms with van der Waals surface area (Å²) in [5.74, 6) is 0.856. The minimum atomic E-state index is 0.408. The van der Waals surface area contributed by atoms with Crippen molar-refractivity contribution in [1.82, 2.24) is 31.3 Å². The third-order valence-electron chi connectivity index (χ3n) is 6.26. The van der Waals surface area contributed by atoms with Crippen molar-refractivity contribution >= 4 is 22.4 Å². The van der Waals surface area contributed by atoms with E-state index in [0.29, 0.717) is 17.8 Å². The van der Waals surface area contributed by atoms with Gasteiger partial charge in [0.25, 0.3) is 0 Å². The van der Waals surface area contributed by atoms with E-state index < -0.39 is 0 Å². The molecule has 2 fully saturated rings. The number of rotatable bonds is 4. The van der Waals surface area contributed by atoms with E-state index in [0.717, 1.165) is 67.1 Å². The zero-order chi connectivity index (χ0) is 20.3. The van der Waals surface area contributed by atoms with E-state index >= 15 is 0 Å². The molecule has 3 aliphatic rings. The standard InChI is InChI=1S/C21H26N8O/c22-12-19-20(27-28-26-19)14-1-6-18-17(11-14)21(24-13-23-18)25-15-2-4-16(5-3-15)29-7-9-30-10-8-29/h1,6,11,13,15-16,26-28H,2-5,7-10H2,(H,23,24,25). The van der Waals surface area contributed by atoms with Crippen LogP contribution >= 0.6 is 0 Å². The van der Waals surface area contributed by atoms with Crippen LogP contribution in [0, 0.1) is 11.3 Å². The molecule has 3 heterocycles. The predicted octanol–water partition coefficient (Wildman–Crippen LogP) is 1.49. The maximum Gasteiger partial charge on any atom is 0.154 e. The van der Waals surface area contributed by atoms with Crippen LogP contribution in [0.25, 0.3) is 16.6 Å². The fraction of sp³-hybridized carbons (Fsp3) is 0.476. The Balaban J connectivity index is 1.32. The Hall–Kier alpha value is -2.93. The lowest BCUT2D eigenvalue weighted by atomic mass is 9.90. The monoisotopic (exact) mass is 406 g/mol. The molecular weight excluding hydrogens is 380 g/mol. The molecule has 0 spiro atoms. The fourth-order valence-corrected chi connectivity index (χ4v) is 4.63. The Kier molecular flexibility index (Phi) is 5.36.